The summed E-state index contributed by atoms with van der Waals surface area (Å²) in [6.07, 6.45) is -9.73. The Balaban J connectivity index is 1.91. The van der Waals surface area contributed by atoms with Crippen molar-refractivity contribution in [1.29, 1.82) is 0 Å². The summed E-state index contributed by atoms with van der Waals surface area (Å²) in [7, 11) is 0. The van der Waals surface area contributed by atoms with Gasteiger partial charge in [-0.05, 0) is 29.8 Å². The van der Waals surface area contributed by atoms with Crippen molar-refractivity contribution in [2.75, 3.05) is 6.61 Å². The second-order valence-corrected chi connectivity index (χ2v) is 7.39. The van der Waals surface area contributed by atoms with E-state index in [0.717, 1.165) is 12.1 Å². The predicted molar refractivity (Wildman–Crippen MR) is 105 cm³/mol. The van der Waals surface area contributed by atoms with Crippen LogP contribution in [0.3, 0.4) is 0 Å². The lowest BCUT2D eigenvalue weighted by molar-refractivity contribution is -0.232. The number of carbonyl (C=O) groups is 1. The van der Waals surface area contributed by atoms with Crippen molar-refractivity contribution in [3.8, 4) is 17.2 Å². The van der Waals surface area contributed by atoms with Crippen LogP contribution in [0.5, 0.6) is 17.2 Å². The van der Waals surface area contributed by atoms with Crippen LogP contribution in [-0.2, 0) is 11.2 Å². The van der Waals surface area contributed by atoms with Gasteiger partial charge in [0.05, 0.1) is 17.7 Å². The molecule has 2 aromatic rings. The van der Waals surface area contributed by atoms with Crippen LogP contribution < -0.4 is 0 Å². The molecule has 2 aromatic carbocycles. The number of phenols is 3. The molecule has 10 nitrogen and oxygen atoms in total. The monoisotopic (exact) mass is 436 g/mol. The molecule has 3 rings (SSSR count). The Hall–Kier alpha value is -2.73. The number of benzene rings is 2. The summed E-state index contributed by atoms with van der Waals surface area (Å²) in [5.74, 6) is -2.20. The summed E-state index contributed by atoms with van der Waals surface area (Å²) in [6.45, 7) is -0.715. The van der Waals surface area contributed by atoms with Gasteiger partial charge in [-0.3, -0.25) is 4.79 Å². The van der Waals surface area contributed by atoms with Crippen molar-refractivity contribution in [1.82, 2.24) is 0 Å². The van der Waals surface area contributed by atoms with E-state index in [-0.39, 0.29) is 17.7 Å². The molecule has 1 saturated heterocycles. The molecule has 10 heteroatoms. The predicted octanol–water partition coefficient (Wildman–Crippen LogP) is -0.895. The SMILES string of the molecule is O=C(c1ccc(O)c(C2O[C@H](CO)[C@@H](O)[C@H](O)[C@H]2O)c1O)[C@@H](O)Cc1ccc(O)cc1. The molecule has 0 bridgehead atoms. The summed E-state index contributed by atoms with van der Waals surface area (Å²) in [4.78, 5) is 12.7. The van der Waals surface area contributed by atoms with Gasteiger partial charge in [0.25, 0.3) is 0 Å². The molecule has 0 radical (unpaired) electrons. The third-order valence-corrected chi connectivity index (χ3v) is 5.30. The van der Waals surface area contributed by atoms with Gasteiger partial charge in [-0.15, -0.1) is 0 Å². The van der Waals surface area contributed by atoms with E-state index in [1.807, 2.05) is 0 Å². The Kier molecular flexibility index (Phi) is 6.80. The zero-order chi connectivity index (χ0) is 22.9. The molecular formula is C21H24O10. The molecule has 1 aliphatic heterocycles. The van der Waals surface area contributed by atoms with E-state index in [1.54, 1.807) is 0 Å². The molecule has 8 N–H and O–H groups in total. The van der Waals surface area contributed by atoms with E-state index in [2.05, 4.69) is 0 Å². The molecule has 6 atom stereocenters. The normalized spacial score (nSPS) is 27.1. The number of aliphatic hydroxyl groups excluding tert-OH is 5. The van der Waals surface area contributed by atoms with Crippen molar-refractivity contribution in [3.63, 3.8) is 0 Å². The molecule has 31 heavy (non-hydrogen) atoms. The molecule has 1 unspecified atom stereocenters. The van der Waals surface area contributed by atoms with Crippen LogP contribution in [0.4, 0.5) is 0 Å². The Bertz CT molecular complexity index is 927. The fourth-order valence-corrected chi connectivity index (χ4v) is 3.54. The van der Waals surface area contributed by atoms with E-state index in [4.69, 9.17) is 4.74 Å². The van der Waals surface area contributed by atoms with E-state index < -0.39 is 66.1 Å². The highest BCUT2D eigenvalue weighted by molar-refractivity contribution is 6.02. The second kappa shape index (κ2) is 9.18. The van der Waals surface area contributed by atoms with Crippen molar-refractivity contribution in [2.24, 2.45) is 0 Å². The third-order valence-electron chi connectivity index (χ3n) is 5.30. The summed E-state index contributed by atoms with van der Waals surface area (Å²) in [5, 5.41) is 80.0. The van der Waals surface area contributed by atoms with Crippen LogP contribution in [0.1, 0.15) is 27.6 Å². The first-order valence-electron chi connectivity index (χ1n) is 9.51. The van der Waals surface area contributed by atoms with Crippen LogP contribution in [0.2, 0.25) is 0 Å². The summed E-state index contributed by atoms with van der Waals surface area (Å²) in [6, 6.07) is 7.95. The van der Waals surface area contributed by atoms with Gasteiger partial charge in [0, 0.05) is 6.42 Å². The van der Waals surface area contributed by atoms with Gasteiger partial charge >= 0.3 is 0 Å². The van der Waals surface area contributed by atoms with E-state index in [1.165, 1.54) is 24.3 Å². The molecule has 1 heterocycles. The quantitative estimate of drug-likeness (QED) is 0.264. The van der Waals surface area contributed by atoms with Crippen molar-refractivity contribution in [3.05, 3.63) is 53.1 Å². The minimum Gasteiger partial charge on any atom is -0.508 e. The van der Waals surface area contributed by atoms with Crippen molar-refractivity contribution >= 4 is 5.78 Å². The Morgan fingerprint density at radius 3 is 2.19 bits per heavy atom. The first kappa shape index (κ1) is 22.9. The van der Waals surface area contributed by atoms with Crippen LogP contribution in [0.15, 0.2) is 36.4 Å². The van der Waals surface area contributed by atoms with Crippen molar-refractivity contribution in [2.45, 2.75) is 43.0 Å². The maximum absolute atomic E-state index is 12.7. The first-order chi connectivity index (χ1) is 14.6. The molecule has 0 spiro atoms. The lowest BCUT2D eigenvalue weighted by Crippen LogP contribution is -2.55. The molecule has 1 aliphatic rings. The molecular weight excluding hydrogens is 412 g/mol. The topological polar surface area (TPSA) is 188 Å². The van der Waals surface area contributed by atoms with Crippen LogP contribution >= 0.6 is 0 Å². The third kappa shape index (κ3) is 4.49. The number of ether oxygens (including phenoxy) is 1. The summed E-state index contributed by atoms with van der Waals surface area (Å²) in [5.41, 5.74) is -0.248. The Labute approximate surface area is 176 Å². The highest BCUT2D eigenvalue weighted by Gasteiger charge is 2.46. The van der Waals surface area contributed by atoms with Crippen LogP contribution in [-0.4, -0.2) is 83.8 Å². The highest BCUT2D eigenvalue weighted by Crippen LogP contribution is 2.43. The van der Waals surface area contributed by atoms with E-state index >= 15 is 0 Å². The van der Waals surface area contributed by atoms with Gasteiger partial charge in [-0.1, -0.05) is 12.1 Å². The molecule has 0 amide bonds. The van der Waals surface area contributed by atoms with Crippen LogP contribution in [0, 0.1) is 0 Å². The zero-order valence-electron chi connectivity index (χ0n) is 16.2. The average molecular weight is 436 g/mol. The number of Topliss-reactive ketones (excluding diaryl/α,β-unsaturated/α-hetero) is 1. The largest absolute Gasteiger partial charge is 0.508 e. The van der Waals surface area contributed by atoms with Gasteiger partial charge in [0.2, 0.25) is 0 Å². The van der Waals surface area contributed by atoms with Gasteiger partial charge < -0.3 is 45.6 Å². The average Bonchev–Trinajstić information content (AvgIpc) is 2.74. The van der Waals surface area contributed by atoms with E-state index in [0.29, 0.717) is 5.56 Å². The zero-order valence-corrected chi connectivity index (χ0v) is 16.2. The van der Waals surface area contributed by atoms with Crippen molar-refractivity contribution < 1.29 is 50.4 Å². The standard InChI is InChI=1S/C21H24O10/c22-8-14-18(28)19(29)20(30)21(31-14)15-12(24)6-5-11(17(15)27)16(26)13(25)7-9-1-3-10(23)4-2-9/h1-6,13-14,18-25,27-30H,7-8H2/t13-,14+,18+,19-,20+,21?/m0/s1. The second-order valence-electron chi connectivity index (χ2n) is 7.39. The highest BCUT2D eigenvalue weighted by atomic mass is 16.5. The van der Waals surface area contributed by atoms with Gasteiger partial charge in [0.15, 0.2) is 5.78 Å². The molecule has 0 saturated carbocycles. The summed E-state index contributed by atoms with van der Waals surface area (Å²) >= 11 is 0. The Morgan fingerprint density at radius 1 is 0.935 bits per heavy atom. The lowest BCUT2D eigenvalue weighted by Gasteiger charge is -2.40. The maximum Gasteiger partial charge on any atom is 0.195 e. The molecule has 0 aromatic heterocycles. The fourth-order valence-electron chi connectivity index (χ4n) is 3.54. The summed E-state index contributed by atoms with van der Waals surface area (Å²) < 4.78 is 5.35. The van der Waals surface area contributed by atoms with Crippen LogP contribution in [0.25, 0.3) is 0 Å². The number of ketones is 1. The number of aliphatic hydroxyl groups is 5. The Morgan fingerprint density at radius 2 is 1.58 bits per heavy atom. The molecule has 168 valence electrons. The minimum atomic E-state index is -1.79. The maximum atomic E-state index is 12.7. The minimum absolute atomic E-state index is 0.0184. The van der Waals surface area contributed by atoms with Gasteiger partial charge in [-0.25, -0.2) is 0 Å². The number of hydrogen-bond acceptors (Lipinski definition) is 10. The molecule has 0 aliphatic carbocycles. The number of hydrogen-bond donors (Lipinski definition) is 8. The molecule has 1 fully saturated rings. The number of phenolic OH excluding ortho intramolecular Hbond substituents is 3. The lowest BCUT2D eigenvalue weighted by atomic mass is 9.88. The number of aromatic hydroxyl groups is 3. The number of rotatable bonds is 6. The first-order valence-corrected chi connectivity index (χ1v) is 9.51. The van der Waals surface area contributed by atoms with Gasteiger partial charge in [-0.2, -0.15) is 0 Å². The fraction of sp³-hybridized carbons (Fsp3) is 0.381. The van der Waals surface area contributed by atoms with Gasteiger partial charge in [0.1, 0.15) is 53.9 Å². The smallest absolute Gasteiger partial charge is 0.195 e. The number of carbonyl (C=O) groups excluding carboxylic acids is 1. The van der Waals surface area contributed by atoms with E-state index in [9.17, 15) is 45.6 Å².